The van der Waals surface area contributed by atoms with Crippen molar-refractivity contribution in [2.75, 3.05) is 19.8 Å². The summed E-state index contributed by atoms with van der Waals surface area (Å²) >= 11 is 0. The van der Waals surface area contributed by atoms with E-state index in [0.717, 1.165) is 32.6 Å². The number of hydrogen-bond acceptors (Lipinski definition) is 3. The standard InChI is InChI=1S/C13H24N2O2/c1-10(11-5-7-17-9-11)15-13(16)8-12-4-2-3-6-14-12/h10-12,14H,2-9H2,1H3,(H,15,16). The van der Waals surface area contributed by atoms with E-state index >= 15 is 0 Å². The van der Waals surface area contributed by atoms with Gasteiger partial charge < -0.3 is 15.4 Å². The summed E-state index contributed by atoms with van der Waals surface area (Å²) in [5, 5.41) is 6.52. The van der Waals surface area contributed by atoms with Gasteiger partial charge in [0.15, 0.2) is 0 Å². The lowest BCUT2D eigenvalue weighted by Gasteiger charge is -2.25. The van der Waals surface area contributed by atoms with Crippen LogP contribution in [0.5, 0.6) is 0 Å². The molecule has 2 aliphatic rings. The van der Waals surface area contributed by atoms with Gasteiger partial charge in [0.05, 0.1) is 6.61 Å². The maximum atomic E-state index is 11.9. The fourth-order valence-electron chi connectivity index (χ4n) is 2.70. The van der Waals surface area contributed by atoms with Crippen molar-refractivity contribution in [3.05, 3.63) is 0 Å². The normalized spacial score (nSPS) is 31.1. The first-order valence-electron chi connectivity index (χ1n) is 6.86. The third-order valence-electron chi connectivity index (χ3n) is 3.90. The predicted molar refractivity (Wildman–Crippen MR) is 66.8 cm³/mol. The highest BCUT2D eigenvalue weighted by molar-refractivity contribution is 5.76. The lowest BCUT2D eigenvalue weighted by molar-refractivity contribution is -0.122. The number of piperidine rings is 1. The summed E-state index contributed by atoms with van der Waals surface area (Å²) in [7, 11) is 0. The van der Waals surface area contributed by atoms with Crippen LogP contribution in [0.2, 0.25) is 0 Å². The molecule has 2 rings (SSSR count). The average molecular weight is 240 g/mol. The first-order valence-corrected chi connectivity index (χ1v) is 6.86. The van der Waals surface area contributed by atoms with Crippen LogP contribution in [0.1, 0.15) is 39.0 Å². The predicted octanol–water partition coefficient (Wildman–Crippen LogP) is 1.06. The number of carbonyl (C=O) groups excluding carboxylic acids is 1. The van der Waals surface area contributed by atoms with E-state index in [-0.39, 0.29) is 11.9 Å². The number of nitrogens with one attached hydrogen (secondary N) is 2. The maximum Gasteiger partial charge on any atom is 0.221 e. The summed E-state index contributed by atoms with van der Waals surface area (Å²) in [6.07, 6.45) is 5.32. The molecule has 2 fully saturated rings. The number of rotatable bonds is 4. The Kier molecular flexibility index (Phi) is 4.80. The van der Waals surface area contributed by atoms with Gasteiger partial charge in [-0.3, -0.25) is 4.79 Å². The van der Waals surface area contributed by atoms with E-state index < -0.39 is 0 Å². The third kappa shape index (κ3) is 3.96. The molecule has 17 heavy (non-hydrogen) atoms. The van der Waals surface area contributed by atoms with Gasteiger partial charge in [-0.15, -0.1) is 0 Å². The minimum atomic E-state index is 0.184. The summed E-state index contributed by atoms with van der Waals surface area (Å²) in [4.78, 5) is 11.9. The summed E-state index contributed by atoms with van der Waals surface area (Å²) < 4.78 is 5.35. The van der Waals surface area contributed by atoms with Crippen LogP contribution < -0.4 is 10.6 Å². The maximum absolute atomic E-state index is 11.9. The summed E-state index contributed by atoms with van der Waals surface area (Å²) in [5.74, 6) is 0.682. The minimum absolute atomic E-state index is 0.184. The lowest BCUT2D eigenvalue weighted by atomic mass is 9.99. The molecular formula is C13H24N2O2. The molecule has 0 radical (unpaired) electrons. The second kappa shape index (κ2) is 6.36. The minimum Gasteiger partial charge on any atom is -0.381 e. The highest BCUT2D eigenvalue weighted by atomic mass is 16.5. The first kappa shape index (κ1) is 12.8. The molecule has 0 aromatic carbocycles. The van der Waals surface area contributed by atoms with Gasteiger partial charge in [0, 0.05) is 31.0 Å². The van der Waals surface area contributed by atoms with Gasteiger partial charge in [0.25, 0.3) is 0 Å². The van der Waals surface area contributed by atoms with Gasteiger partial charge in [-0.05, 0) is 32.7 Å². The van der Waals surface area contributed by atoms with Gasteiger partial charge in [0.2, 0.25) is 5.91 Å². The Hall–Kier alpha value is -0.610. The van der Waals surface area contributed by atoms with Crippen molar-refractivity contribution < 1.29 is 9.53 Å². The van der Waals surface area contributed by atoms with E-state index in [1.165, 1.54) is 12.8 Å². The fourth-order valence-corrected chi connectivity index (χ4v) is 2.70. The highest BCUT2D eigenvalue weighted by Gasteiger charge is 2.24. The molecule has 0 saturated carbocycles. The number of amides is 1. The van der Waals surface area contributed by atoms with Gasteiger partial charge in [-0.2, -0.15) is 0 Å². The first-order chi connectivity index (χ1) is 8.25. The highest BCUT2D eigenvalue weighted by Crippen LogP contribution is 2.17. The molecule has 2 heterocycles. The van der Waals surface area contributed by atoms with Crippen molar-refractivity contribution in [3.63, 3.8) is 0 Å². The smallest absolute Gasteiger partial charge is 0.221 e. The van der Waals surface area contributed by atoms with Gasteiger partial charge in [-0.1, -0.05) is 6.42 Å². The summed E-state index contributed by atoms with van der Waals surface area (Å²) in [5.41, 5.74) is 0. The van der Waals surface area contributed by atoms with Crippen LogP contribution in [0.15, 0.2) is 0 Å². The molecular weight excluding hydrogens is 216 g/mol. The molecule has 0 aromatic rings. The molecule has 3 unspecified atom stereocenters. The number of hydrogen-bond donors (Lipinski definition) is 2. The molecule has 2 aliphatic heterocycles. The van der Waals surface area contributed by atoms with Crippen molar-refractivity contribution in [2.45, 2.75) is 51.1 Å². The average Bonchev–Trinajstić information content (AvgIpc) is 2.83. The Labute approximate surface area is 103 Å². The van der Waals surface area contributed by atoms with Crippen LogP contribution in [0.25, 0.3) is 0 Å². The largest absolute Gasteiger partial charge is 0.381 e. The van der Waals surface area contributed by atoms with Crippen molar-refractivity contribution in [1.29, 1.82) is 0 Å². The van der Waals surface area contributed by atoms with Crippen LogP contribution in [-0.2, 0) is 9.53 Å². The SMILES string of the molecule is CC(NC(=O)CC1CCCCN1)C1CCOC1. The Bertz CT molecular complexity index is 246. The molecule has 0 aromatic heterocycles. The van der Waals surface area contributed by atoms with Crippen molar-refractivity contribution in [2.24, 2.45) is 5.92 Å². The number of carbonyl (C=O) groups is 1. The third-order valence-corrected chi connectivity index (χ3v) is 3.90. The van der Waals surface area contributed by atoms with Crippen molar-refractivity contribution in [1.82, 2.24) is 10.6 Å². The van der Waals surface area contributed by atoms with E-state index in [0.29, 0.717) is 18.4 Å². The second-order valence-electron chi connectivity index (χ2n) is 5.33. The summed E-state index contributed by atoms with van der Waals surface area (Å²) in [6, 6.07) is 0.629. The van der Waals surface area contributed by atoms with E-state index in [4.69, 9.17) is 4.74 Å². The van der Waals surface area contributed by atoms with Crippen LogP contribution >= 0.6 is 0 Å². The molecule has 3 atom stereocenters. The molecule has 1 amide bonds. The molecule has 0 aliphatic carbocycles. The van der Waals surface area contributed by atoms with Gasteiger partial charge >= 0.3 is 0 Å². The Morgan fingerprint density at radius 2 is 2.35 bits per heavy atom. The molecule has 0 spiro atoms. The van der Waals surface area contributed by atoms with Crippen LogP contribution in [0, 0.1) is 5.92 Å². The fraction of sp³-hybridized carbons (Fsp3) is 0.923. The Balaban J connectivity index is 1.68. The van der Waals surface area contributed by atoms with Crippen LogP contribution in [-0.4, -0.2) is 37.7 Å². The van der Waals surface area contributed by atoms with Gasteiger partial charge in [0.1, 0.15) is 0 Å². The molecule has 2 saturated heterocycles. The molecule has 2 N–H and O–H groups in total. The number of ether oxygens (including phenoxy) is 1. The summed E-state index contributed by atoms with van der Waals surface area (Å²) in [6.45, 7) is 4.79. The zero-order chi connectivity index (χ0) is 12.1. The monoisotopic (exact) mass is 240 g/mol. The second-order valence-corrected chi connectivity index (χ2v) is 5.33. The van der Waals surface area contributed by atoms with E-state index in [1.54, 1.807) is 0 Å². The van der Waals surface area contributed by atoms with E-state index in [1.807, 2.05) is 0 Å². The van der Waals surface area contributed by atoms with Crippen LogP contribution in [0.4, 0.5) is 0 Å². The molecule has 0 bridgehead atoms. The zero-order valence-electron chi connectivity index (χ0n) is 10.7. The molecule has 4 nitrogen and oxygen atoms in total. The lowest BCUT2D eigenvalue weighted by Crippen LogP contribution is -2.43. The van der Waals surface area contributed by atoms with Crippen molar-refractivity contribution >= 4 is 5.91 Å². The quantitative estimate of drug-likeness (QED) is 0.772. The molecule has 4 heteroatoms. The Morgan fingerprint density at radius 3 is 3.00 bits per heavy atom. The molecule has 98 valence electrons. The van der Waals surface area contributed by atoms with Crippen LogP contribution in [0.3, 0.4) is 0 Å². The van der Waals surface area contributed by atoms with Gasteiger partial charge in [-0.25, -0.2) is 0 Å². The van der Waals surface area contributed by atoms with Crippen molar-refractivity contribution in [3.8, 4) is 0 Å². The van der Waals surface area contributed by atoms with E-state index in [2.05, 4.69) is 17.6 Å². The Morgan fingerprint density at radius 1 is 1.47 bits per heavy atom. The topological polar surface area (TPSA) is 50.4 Å². The zero-order valence-corrected chi connectivity index (χ0v) is 10.7. The van der Waals surface area contributed by atoms with E-state index in [9.17, 15) is 4.79 Å².